The third-order valence-electron chi connectivity index (χ3n) is 5.67. The Morgan fingerprint density at radius 1 is 1.00 bits per heavy atom. The fraction of sp³-hybridized carbons (Fsp3) is 1.00. The van der Waals surface area contributed by atoms with Crippen LogP contribution in [0.2, 0.25) is 0 Å². The summed E-state index contributed by atoms with van der Waals surface area (Å²) in [5.74, 6) is 1.80. The molecule has 2 heteroatoms. The smallest absolute Gasteiger partial charge is 0.0246 e. The van der Waals surface area contributed by atoms with Crippen LogP contribution in [0.25, 0.3) is 0 Å². The Morgan fingerprint density at radius 2 is 1.74 bits per heavy atom. The number of piperidine rings is 1. The molecule has 1 heterocycles. The lowest BCUT2D eigenvalue weighted by molar-refractivity contribution is 0.0100. The van der Waals surface area contributed by atoms with Crippen LogP contribution in [-0.4, -0.2) is 36.1 Å². The van der Waals surface area contributed by atoms with E-state index in [9.17, 15) is 0 Å². The van der Waals surface area contributed by atoms with Crippen molar-refractivity contribution in [1.29, 1.82) is 0 Å². The van der Waals surface area contributed by atoms with E-state index < -0.39 is 0 Å². The molecule has 1 saturated heterocycles. The maximum absolute atomic E-state index is 3.79. The molecule has 3 rings (SSSR count). The van der Waals surface area contributed by atoms with Crippen molar-refractivity contribution in [3.05, 3.63) is 0 Å². The molecule has 2 nitrogen and oxygen atoms in total. The van der Waals surface area contributed by atoms with Gasteiger partial charge in [-0.05, 0) is 56.9 Å². The van der Waals surface area contributed by atoms with Gasteiger partial charge in [-0.3, -0.25) is 4.90 Å². The molecule has 1 unspecified atom stereocenters. The van der Waals surface area contributed by atoms with Gasteiger partial charge < -0.3 is 5.32 Å². The highest BCUT2D eigenvalue weighted by Crippen LogP contribution is 2.37. The van der Waals surface area contributed by atoms with Gasteiger partial charge in [0.25, 0.3) is 0 Å². The molecule has 2 aliphatic carbocycles. The van der Waals surface area contributed by atoms with Gasteiger partial charge in [-0.25, -0.2) is 0 Å². The molecule has 0 radical (unpaired) electrons. The summed E-state index contributed by atoms with van der Waals surface area (Å²) in [7, 11) is 0. The van der Waals surface area contributed by atoms with Gasteiger partial charge in [0.2, 0.25) is 0 Å². The SMILES string of the molecule is CC(C)C(CNC1CC1)N1CCC[C@H]2CCCC[C@H]21. The normalized spacial score (nSPS) is 34.3. The largest absolute Gasteiger partial charge is 0.312 e. The first-order chi connectivity index (χ1) is 9.25. The van der Waals surface area contributed by atoms with Gasteiger partial charge in [-0.1, -0.05) is 26.7 Å². The van der Waals surface area contributed by atoms with Crippen molar-refractivity contribution in [2.45, 2.75) is 83.3 Å². The standard InChI is InChI=1S/C17H32N2/c1-13(2)17(12-18-15-9-10-15)19-11-5-7-14-6-3-4-8-16(14)19/h13-18H,3-12H2,1-2H3/t14-,16-,17?/m1/s1. The minimum Gasteiger partial charge on any atom is -0.312 e. The molecule has 0 aromatic heterocycles. The van der Waals surface area contributed by atoms with E-state index in [1.165, 1.54) is 64.5 Å². The number of hydrogen-bond acceptors (Lipinski definition) is 2. The zero-order chi connectivity index (χ0) is 13.2. The fourth-order valence-electron chi connectivity index (χ4n) is 4.39. The molecule has 0 bridgehead atoms. The van der Waals surface area contributed by atoms with Crippen LogP contribution in [0.1, 0.15) is 65.2 Å². The lowest BCUT2D eigenvalue weighted by atomic mass is 9.77. The molecule has 19 heavy (non-hydrogen) atoms. The van der Waals surface area contributed by atoms with E-state index in [1.54, 1.807) is 0 Å². The highest BCUT2D eigenvalue weighted by Gasteiger charge is 2.37. The van der Waals surface area contributed by atoms with Crippen LogP contribution < -0.4 is 5.32 Å². The fourth-order valence-corrected chi connectivity index (χ4v) is 4.39. The summed E-state index contributed by atoms with van der Waals surface area (Å²) in [5, 5.41) is 3.79. The molecule has 0 aromatic rings. The summed E-state index contributed by atoms with van der Waals surface area (Å²) >= 11 is 0. The zero-order valence-electron chi connectivity index (χ0n) is 12.9. The number of hydrogen-bond donors (Lipinski definition) is 1. The second-order valence-corrected chi connectivity index (χ2v) is 7.49. The van der Waals surface area contributed by atoms with Crippen molar-refractivity contribution in [3.8, 4) is 0 Å². The Labute approximate surface area is 119 Å². The second-order valence-electron chi connectivity index (χ2n) is 7.49. The van der Waals surface area contributed by atoms with Crippen molar-refractivity contribution in [2.24, 2.45) is 11.8 Å². The molecule has 1 N–H and O–H groups in total. The summed E-state index contributed by atoms with van der Waals surface area (Å²) in [6, 6.07) is 2.54. The topological polar surface area (TPSA) is 15.3 Å². The van der Waals surface area contributed by atoms with E-state index >= 15 is 0 Å². The highest BCUT2D eigenvalue weighted by atomic mass is 15.2. The van der Waals surface area contributed by atoms with E-state index in [1.807, 2.05) is 0 Å². The van der Waals surface area contributed by atoms with Crippen molar-refractivity contribution >= 4 is 0 Å². The number of fused-ring (bicyclic) bond motifs is 1. The monoisotopic (exact) mass is 264 g/mol. The van der Waals surface area contributed by atoms with Gasteiger partial charge in [-0.2, -0.15) is 0 Å². The summed E-state index contributed by atoms with van der Waals surface area (Å²) in [6.07, 6.45) is 11.7. The van der Waals surface area contributed by atoms with Crippen LogP contribution in [0.15, 0.2) is 0 Å². The quantitative estimate of drug-likeness (QED) is 0.818. The van der Waals surface area contributed by atoms with Gasteiger partial charge in [0, 0.05) is 24.7 Å². The third-order valence-corrected chi connectivity index (χ3v) is 5.67. The van der Waals surface area contributed by atoms with Crippen molar-refractivity contribution in [3.63, 3.8) is 0 Å². The minimum absolute atomic E-state index is 0.770. The lowest BCUT2D eigenvalue weighted by Gasteiger charge is -2.49. The van der Waals surface area contributed by atoms with Crippen LogP contribution >= 0.6 is 0 Å². The molecular formula is C17H32N2. The van der Waals surface area contributed by atoms with E-state index in [4.69, 9.17) is 0 Å². The van der Waals surface area contributed by atoms with E-state index in [0.717, 1.165) is 30.0 Å². The van der Waals surface area contributed by atoms with Crippen LogP contribution in [0, 0.1) is 11.8 Å². The summed E-state index contributed by atoms with van der Waals surface area (Å²) < 4.78 is 0. The number of nitrogens with one attached hydrogen (secondary N) is 1. The Morgan fingerprint density at radius 3 is 2.47 bits per heavy atom. The molecule has 3 fully saturated rings. The molecule has 0 aromatic carbocycles. The van der Waals surface area contributed by atoms with Gasteiger partial charge in [0.05, 0.1) is 0 Å². The predicted molar refractivity (Wildman–Crippen MR) is 81.3 cm³/mol. The van der Waals surface area contributed by atoms with Gasteiger partial charge in [-0.15, -0.1) is 0 Å². The summed E-state index contributed by atoms with van der Waals surface area (Å²) in [6.45, 7) is 7.43. The third kappa shape index (κ3) is 3.33. The minimum atomic E-state index is 0.770. The average molecular weight is 264 g/mol. The average Bonchev–Trinajstić information content (AvgIpc) is 3.23. The predicted octanol–water partition coefficient (Wildman–Crippen LogP) is 3.42. The van der Waals surface area contributed by atoms with E-state index in [-0.39, 0.29) is 0 Å². The van der Waals surface area contributed by atoms with Crippen molar-refractivity contribution in [1.82, 2.24) is 10.2 Å². The van der Waals surface area contributed by atoms with Crippen molar-refractivity contribution in [2.75, 3.05) is 13.1 Å². The maximum atomic E-state index is 3.79. The molecule has 1 aliphatic heterocycles. The molecule has 110 valence electrons. The Hall–Kier alpha value is -0.0800. The number of rotatable bonds is 5. The molecule has 0 spiro atoms. The zero-order valence-corrected chi connectivity index (χ0v) is 12.9. The second kappa shape index (κ2) is 6.13. The van der Waals surface area contributed by atoms with E-state index in [0.29, 0.717) is 0 Å². The molecule has 3 atom stereocenters. The van der Waals surface area contributed by atoms with Crippen LogP contribution in [0.5, 0.6) is 0 Å². The lowest BCUT2D eigenvalue weighted by Crippen LogP contribution is -2.56. The Kier molecular flexibility index (Phi) is 4.48. The summed E-state index contributed by atoms with van der Waals surface area (Å²) in [5.41, 5.74) is 0. The molecule has 2 saturated carbocycles. The molecular weight excluding hydrogens is 232 g/mol. The van der Waals surface area contributed by atoms with Crippen LogP contribution in [0.4, 0.5) is 0 Å². The Bertz CT molecular complexity index is 283. The Balaban J connectivity index is 1.64. The number of nitrogens with zero attached hydrogens (tertiary/aromatic N) is 1. The van der Waals surface area contributed by atoms with Gasteiger partial charge in [0.15, 0.2) is 0 Å². The first kappa shape index (κ1) is 13.9. The number of likely N-dealkylation sites (tertiary alicyclic amines) is 1. The molecule has 3 aliphatic rings. The van der Waals surface area contributed by atoms with Crippen LogP contribution in [-0.2, 0) is 0 Å². The first-order valence-electron chi connectivity index (χ1n) is 8.75. The van der Waals surface area contributed by atoms with Gasteiger partial charge in [0.1, 0.15) is 0 Å². The highest BCUT2D eigenvalue weighted by molar-refractivity contribution is 4.93. The maximum Gasteiger partial charge on any atom is 0.0246 e. The van der Waals surface area contributed by atoms with E-state index in [2.05, 4.69) is 24.1 Å². The summed E-state index contributed by atoms with van der Waals surface area (Å²) in [4.78, 5) is 2.91. The van der Waals surface area contributed by atoms with Crippen LogP contribution in [0.3, 0.4) is 0 Å². The van der Waals surface area contributed by atoms with Gasteiger partial charge >= 0.3 is 0 Å². The van der Waals surface area contributed by atoms with Crippen molar-refractivity contribution < 1.29 is 0 Å². The first-order valence-corrected chi connectivity index (χ1v) is 8.75. The molecule has 0 amide bonds.